The van der Waals surface area contributed by atoms with Crippen molar-refractivity contribution in [2.24, 2.45) is 5.73 Å². The maximum absolute atomic E-state index is 13.4. The molecule has 5 heteroatoms. The minimum atomic E-state index is -0.827. The molecule has 0 spiro atoms. The van der Waals surface area contributed by atoms with Crippen LogP contribution in [0.4, 0.5) is 8.78 Å². The van der Waals surface area contributed by atoms with Crippen LogP contribution >= 0.6 is 11.3 Å². The summed E-state index contributed by atoms with van der Waals surface area (Å²) in [5.74, 6) is -1.80. The Bertz CT molecular complexity index is 614. The minimum absolute atomic E-state index is 0.132. The van der Waals surface area contributed by atoms with E-state index in [1.54, 1.807) is 11.3 Å². The smallest absolute Gasteiger partial charge is 0.126 e. The molecular formula is C16H17F2NOS. The van der Waals surface area contributed by atoms with E-state index in [4.69, 9.17) is 5.73 Å². The summed E-state index contributed by atoms with van der Waals surface area (Å²) in [7, 11) is 0. The van der Waals surface area contributed by atoms with Crippen LogP contribution in [0.1, 0.15) is 39.3 Å². The fourth-order valence-corrected chi connectivity index (χ4v) is 4.24. The van der Waals surface area contributed by atoms with Crippen molar-refractivity contribution in [3.8, 4) is 0 Å². The molecule has 2 aromatic rings. The first kappa shape index (κ1) is 14.6. The molecule has 0 amide bonds. The van der Waals surface area contributed by atoms with Gasteiger partial charge in [-0.3, -0.25) is 0 Å². The van der Waals surface area contributed by atoms with E-state index in [1.165, 1.54) is 22.6 Å². The fraction of sp³-hybridized carbons (Fsp3) is 0.375. The Labute approximate surface area is 126 Å². The summed E-state index contributed by atoms with van der Waals surface area (Å²) in [6.45, 7) is 0.132. The summed E-state index contributed by atoms with van der Waals surface area (Å²) >= 11 is 1.58. The average Bonchev–Trinajstić information content (AvgIpc) is 2.98. The number of aryl methyl sites for hydroxylation is 2. The third kappa shape index (κ3) is 2.86. The van der Waals surface area contributed by atoms with Gasteiger partial charge in [-0.1, -0.05) is 0 Å². The number of benzene rings is 1. The Morgan fingerprint density at radius 2 is 1.86 bits per heavy atom. The second-order valence-electron chi connectivity index (χ2n) is 5.44. The van der Waals surface area contributed by atoms with Crippen LogP contribution in [0, 0.1) is 11.6 Å². The van der Waals surface area contributed by atoms with Crippen LogP contribution in [0.15, 0.2) is 24.3 Å². The Morgan fingerprint density at radius 3 is 2.48 bits per heavy atom. The van der Waals surface area contributed by atoms with E-state index in [-0.39, 0.29) is 6.54 Å². The molecule has 1 aliphatic rings. The molecule has 0 aliphatic heterocycles. The number of fused-ring (bicyclic) bond motifs is 1. The van der Waals surface area contributed by atoms with Crippen molar-refractivity contribution in [3.63, 3.8) is 0 Å². The molecule has 3 N–H and O–H groups in total. The first-order chi connectivity index (χ1) is 10.1. The van der Waals surface area contributed by atoms with Crippen molar-refractivity contribution in [1.82, 2.24) is 0 Å². The lowest BCUT2D eigenvalue weighted by Gasteiger charge is -2.21. The Morgan fingerprint density at radius 1 is 1.14 bits per heavy atom. The predicted octanol–water partition coefficient (Wildman–Crippen LogP) is 3.29. The first-order valence-electron chi connectivity index (χ1n) is 7.04. The fourth-order valence-electron chi connectivity index (χ4n) is 2.93. The van der Waals surface area contributed by atoms with Crippen molar-refractivity contribution in [3.05, 3.63) is 56.8 Å². The molecule has 112 valence electrons. The normalized spacial score (nSPS) is 16.8. The maximum Gasteiger partial charge on any atom is 0.126 e. The Kier molecular flexibility index (Phi) is 4.06. The number of hydrogen-bond acceptors (Lipinski definition) is 3. The van der Waals surface area contributed by atoms with Gasteiger partial charge in [0.1, 0.15) is 11.6 Å². The van der Waals surface area contributed by atoms with Gasteiger partial charge in [0.15, 0.2) is 0 Å². The number of thiophene rings is 1. The van der Waals surface area contributed by atoms with Gasteiger partial charge in [0.2, 0.25) is 0 Å². The van der Waals surface area contributed by atoms with E-state index in [2.05, 4.69) is 0 Å². The maximum atomic E-state index is 13.4. The summed E-state index contributed by atoms with van der Waals surface area (Å²) in [5.41, 5.74) is 7.42. The monoisotopic (exact) mass is 309 g/mol. The number of aliphatic hydroxyl groups excluding tert-OH is 1. The van der Waals surface area contributed by atoms with Crippen LogP contribution in [0.5, 0.6) is 0 Å². The van der Waals surface area contributed by atoms with Crippen molar-refractivity contribution in [1.29, 1.82) is 0 Å². The number of aliphatic hydroxyl groups is 1. The molecular weight excluding hydrogens is 292 g/mol. The van der Waals surface area contributed by atoms with Crippen molar-refractivity contribution in [2.75, 3.05) is 6.54 Å². The van der Waals surface area contributed by atoms with Crippen LogP contribution in [0.2, 0.25) is 0 Å². The van der Waals surface area contributed by atoms with Crippen LogP contribution < -0.4 is 5.73 Å². The predicted molar refractivity (Wildman–Crippen MR) is 79.5 cm³/mol. The van der Waals surface area contributed by atoms with E-state index in [0.717, 1.165) is 30.2 Å². The molecule has 0 saturated carbocycles. The highest BCUT2D eigenvalue weighted by atomic mass is 32.1. The van der Waals surface area contributed by atoms with Crippen molar-refractivity contribution < 1.29 is 13.9 Å². The van der Waals surface area contributed by atoms with Crippen LogP contribution in [0.3, 0.4) is 0 Å². The number of rotatable bonds is 4. The summed E-state index contributed by atoms with van der Waals surface area (Å²) in [4.78, 5) is 2.14. The molecule has 3 rings (SSSR count). The summed E-state index contributed by atoms with van der Waals surface area (Å²) in [5, 5.41) is 10.6. The van der Waals surface area contributed by atoms with E-state index >= 15 is 0 Å². The van der Waals surface area contributed by atoms with Crippen LogP contribution in [-0.2, 0) is 12.8 Å². The summed E-state index contributed by atoms with van der Waals surface area (Å²) < 4.78 is 26.7. The second-order valence-corrected chi connectivity index (χ2v) is 6.61. The van der Waals surface area contributed by atoms with E-state index in [9.17, 15) is 13.9 Å². The molecule has 2 atom stereocenters. The van der Waals surface area contributed by atoms with Gasteiger partial charge in [-0.05, 0) is 48.6 Å². The summed E-state index contributed by atoms with van der Waals surface area (Å²) in [6, 6.07) is 5.31. The van der Waals surface area contributed by atoms with Gasteiger partial charge in [-0.15, -0.1) is 11.3 Å². The topological polar surface area (TPSA) is 46.2 Å². The lowest BCUT2D eigenvalue weighted by atomic mass is 9.92. The third-order valence-electron chi connectivity index (χ3n) is 4.01. The van der Waals surface area contributed by atoms with Gasteiger partial charge in [0.25, 0.3) is 0 Å². The molecule has 1 aromatic carbocycles. The molecule has 0 fully saturated rings. The number of halogens is 2. The molecule has 2 nitrogen and oxygen atoms in total. The second kappa shape index (κ2) is 5.83. The molecule has 1 aromatic heterocycles. The SMILES string of the molecule is NCC(c1cc(F)cc(F)c1)C(O)c1cc2c(s1)CCC2. The van der Waals surface area contributed by atoms with Gasteiger partial charge >= 0.3 is 0 Å². The van der Waals surface area contributed by atoms with E-state index < -0.39 is 23.7 Å². The van der Waals surface area contributed by atoms with Gasteiger partial charge in [-0.25, -0.2) is 8.78 Å². The minimum Gasteiger partial charge on any atom is -0.387 e. The van der Waals surface area contributed by atoms with Gasteiger partial charge in [0.05, 0.1) is 6.10 Å². The standard InChI is InChI=1S/C16H17F2NOS/c17-11-4-10(5-12(18)7-11)13(8-19)16(20)15-6-9-2-1-3-14(9)21-15/h4-7,13,16,20H,1-3,8,19H2. The van der Waals surface area contributed by atoms with Crippen LogP contribution in [-0.4, -0.2) is 11.7 Å². The third-order valence-corrected chi connectivity index (χ3v) is 5.31. The zero-order valence-electron chi connectivity index (χ0n) is 11.5. The molecule has 0 radical (unpaired) electrons. The van der Waals surface area contributed by atoms with Gasteiger partial charge in [0, 0.05) is 28.3 Å². The quantitative estimate of drug-likeness (QED) is 0.910. The zero-order chi connectivity index (χ0) is 15.0. The summed E-state index contributed by atoms with van der Waals surface area (Å²) in [6.07, 6.45) is 2.42. The van der Waals surface area contributed by atoms with E-state index in [1.807, 2.05) is 6.07 Å². The molecule has 2 unspecified atom stereocenters. The lowest BCUT2D eigenvalue weighted by Crippen LogP contribution is -2.20. The molecule has 0 bridgehead atoms. The van der Waals surface area contributed by atoms with Crippen molar-refractivity contribution in [2.45, 2.75) is 31.3 Å². The van der Waals surface area contributed by atoms with E-state index in [0.29, 0.717) is 5.56 Å². The molecule has 1 aliphatic carbocycles. The Hall–Kier alpha value is -1.30. The average molecular weight is 309 g/mol. The highest BCUT2D eigenvalue weighted by molar-refractivity contribution is 7.12. The highest BCUT2D eigenvalue weighted by Gasteiger charge is 2.26. The number of nitrogens with two attached hydrogens (primary N) is 1. The Balaban J connectivity index is 1.90. The molecule has 1 heterocycles. The van der Waals surface area contributed by atoms with Gasteiger partial charge in [-0.2, -0.15) is 0 Å². The van der Waals surface area contributed by atoms with Crippen LogP contribution in [0.25, 0.3) is 0 Å². The molecule has 21 heavy (non-hydrogen) atoms. The van der Waals surface area contributed by atoms with Crippen molar-refractivity contribution >= 4 is 11.3 Å². The first-order valence-corrected chi connectivity index (χ1v) is 7.85. The largest absolute Gasteiger partial charge is 0.387 e. The highest BCUT2D eigenvalue weighted by Crippen LogP contribution is 2.39. The van der Waals surface area contributed by atoms with Gasteiger partial charge < -0.3 is 10.8 Å². The lowest BCUT2D eigenvalue weighted by molar-refractivity contribution is 0.151. The molecule has 0 saturated heterocycles. The number of hydrogen-bond donors (Lipinski definition) is 2. The zero-order valence-corrected chi connectivity index (χ0v) is 12.3.